The van der Waals surface area contributed by atoms with Crippen molar-refractivity contribution in [3.8, 4) is 11.8 Å². The van der Waals surface area contributed by atoms with Crippen molar-refractivity contribution in [1.82, 2.24) is 9.96 Å². The van der Waals surface area contributed by atoms with Crippen LogP contribution in [0.5, 0.6) is 0 Å². The molecule has 0 aromatic heterocycles. The van der Waals surface area contributed by atoms with Gasteiger partial charge in [0.25, 0.3) is 0 Å². The zero-order valence-electron chi connectivity index (χ0n) is 21.6. The van der Waals surface area contributed by atoms with E-state index in [4.69, 9.17) is 14.2 Å². The first-order valence-corrected chi connectivity index (χ1v) is 12.6. The Bertz CT molecular complexity index is 1120. The fourth-order valence-corrected chi connectivity index (χ4v) is 4.33. The van der Waals surface area contributed by atoms with E-state index in [0.717, 1.165) is 16.7 Å². The van der Waals surface area contributed by atoms with Gasteiger partial charge in [0, 0.05) is 0 Å². The van der Waals surface area contributed by atoms with Crippen molar-refractivity contribution >= 4 is 0 Å². The third kappa shape index (κ3) is 7.98. The van der Waals surface area contributed by atoms with Crippen LogP contribution in [0.1, 0.15) is 16.7 Å². The average molecular weight is 501 g/mol. The lowest BCUT2D eigenvalue weighted by Gasteiger charge is -2.25. The topological polar surface area (TPSA) is 54.4 Å². The van der Waals surface area contributed by atoms with Gasteiger partial charge in [0.2, 0.25) is 0 Å². The van der Waals surface area contributed by atoms with Crippen LogP contribution in [0.25, 0.3) is 0 Å². The number of ether oxygens (including phenoxy) is 3. The van der Waals surface area contributed by atoms with Gasteiger partial charge in [-0.1, -0.05) is 103 Å². The van der Waals surface area contributed by atoms with Crippen molar-refractivity contribution in [2.75, 3.05) is 27.2 Å². The molecule has 6 heteroatoms. The van der Waals surface area contributed by atoms with Crippen LogP contribution in [0.15, 0.2) is 91.0 Å². The smallest absolute Gasteiger partial charge is 0.125 e. The maximum absolute atomic E-state index is 11.3. The molecule has 6 nitrogen and oxygen atoms in total. The van der Waals surface area contributed by atoms with E-state index in [0.29, 0.717) is 26.4 Å². The van der Waals surface area contributed by atoms with Crippen molar-refractivity contribution < 1.29 is 19.4 Å². The molecule has 3 aromatic carbocycles. The van der Waals surface area contributed by atoms with Crippen molar-refractivity contribution in [1.29, 1.82) is 0 Å². The first kappa shape index (κ1) is 27.0. The molecular weight excluding hydrogens is 464 g/mol. The van der Waals surface area contributed by atoms with Crippen LogP contribution >= 0.6 is 0 Å². The molecule has 1 aliphatic rings. The van der Waals surface area contributed by atoms with E-state index < -0.39 is 24.3 Å². The fraction of sp³-hybridized carbons (Fsp3) is 0.355. The summed E-state index contributed by atoms with van der Waals surface area (Å²) in [5, 5.41) is 12.6. The molecule has 4 atom stereocenters. The van der Waals surface area contributed by atoms with Crippen LogP contribution in [0.3, 0.4) is 0 Å². The van der Waals surface area contributed by atoms with E-state index in [1.807, 2.05) is 110 Å². The summed E-state index contributed by atoms with van der Waals surface area (Å²) in [5.41, 5.74) is 3.18. The first-order valence-electron chi connectivity index (χ1n) is 12.6. The maximum Gasteiger partial charge on any atom is 0.125 e. The quantitative estimate of drug-likeness (QED) is 0.395. The highest BCUT2D eigenvalue weighted by Crippen LogP contribution is 2.30. The molecule has 1 N–H and O–H groups in total. The molecule has 4 rings (SSSR count). The standard InChI is InChI=1S/C31H36N2O4/c1-32(2)20-12-19-28-30(36-22-26-15-8-4-9-16-26)31(37-23-27-17-10-5-11-18-27)29(33(28)34)24-35-21-25-13-6-3-7-14-25/h3-11,13-18,28-31,34H,20-24H2,1-2H3/t28-,29+,30-,31-/m1/s1. The molecular formula is C31H36N2O4. The van der Waals surface area contributed by atoms with Crippen molar-refractivity contribution in [2.45, 2.75) is 44.1 Å². The van der Waals surface area contributed by atoms with Gasteiger partial charge in [-0.3, -0.25) is 4.90 Å². The molecule has 3 aromatic rings. The zero-order valence-corrected chi connectivity index (χ0v) is 21.6. The van der Waals surface area contributed by atoms with E-state index >= 15 is 0 Å². The van der Waals surface area contributed by atoms with E-state index in [-0.39, 0.29) is 6.61 Å². The monoisotopic (exact) mass is 500 g/mol. The van der Waals surface area contributed by atoms with Gasteiger partial charge in [-0.15, -0.1) is 0 Å². The van der Waals surface area contributed by atoms with Gasteiger partial charge in [0.15, 0.2) is 0 Å². The lowest BCUT2D eigenvalue weighted by Crippen LogP contribution is -2.40. The molecule has 0 aliphatic carbocycles. The first-order chi connectivity index (χ1) is 18.1. The van der Waals surface area contributed by atoms with Gasteiger partial charge in [-0.05, 0) is 30.8 Å². The minimum Gasteiger partial charge on any atom is -0.375 e. The third-order valence-corrected chi connectivity index (χ3v) is 6.25. The molecule has 37 heavy (non-hydrogen) atoms. The summed E-state index contributed by atoms with van der Waals surface area (Å²) in [6, 6.07) is 29.1. The van der Waals surface area contributed by atoms with Gasteiger partial charge in [-0.2, -0.15) is 5.06 Å². The summed E-state index contributed by atoms with van der Waals surface area (Å²) >= 11 is 0. The average Bonchev–Trinajstić information content (AvgIpc) is 3.17. The van der Waals surface area contributed by atoms with Gasteiger partial charge in [0.1, 0.15) is 18.2 Å². The summed E-state index contributed by atoms with van der Waals surface area (Å²) in [4.78, 5) is 1.99. The predicted molar refractivity (Wildman–Crippen MR) is 144 cm³/mol. The second-order valence-corrected chi connectivity index (χ2v) is 9.47. The molecule has 0 amide bonds. The minimum absolute atomic E-state index is 0.280. The Morgan fingerprint density at radius 2 is 1.22 bits per heavy atom. The molecule has 1 aliphatic heterocycles. The Balaban J connectivity index is 1.54. The number of benzene rings is 3. The summed E-state index contributed by atoms with van der Waals surface area (Å²) in [6.45, 7) is 2.11. The molecule has 1 heterocycles. The van der Waals surface area contributed by atoms with Crippen LogP contribution < -0.4 is 0 Å². The minimum atomic E-state index is -0.547. The summed E-state index contributed by atoms with van der Waals surface area (Å²) in [5.74, 6) is 6.42. The number of rotatable bonds is 11. The van der Waals surface area contributed by atoms with E-state index in [1.165, 1.54) is 5.06 Å². The van der Waals surface area contributed by atoms with Crippen LogP contribution in [0, 0.1) is 11.8 Å². The normalized spacial score (nSPS) is 21.6. The van der Waals surface area contributed by atoms with Gasteiger partial charge in [-0.25, -0.2) is 0 Å². The highest BCUT2D eigenvalue weighted by Gasteiger charge is 2.50. The molecule has 0 unspecified atom stereocenters. The zero-order chi connectivity index (χ0) is 25.9. The fourth-order valence-electron chi connectivity index (χ4n) is 4.33. The number of hydrogen-bond donors (Lipinski definition) is 1. The van der Waals surface area contributed by atoms with Gasteiger partial charge >= 0.3 is 0 Å². The van der Waals surface area contributed by atoms with Crippen molar-refractivity contribution in [3.63, 3.8) is 0 Å². The SMILES string of the molecule is CN(C)CC#C[C@@H]1[C@@H](OCc2ccccc2)[C@H](OCc2ccccc2)[C@H](COCc2ccccc2)N1O. The Kier molecular flexibility index (Phi) is 10.3. The third-order valence-electron chi connectivity index (χ3n) is 6.25. The Morgan fingerprint density at radius 3 is 1.73 bits per heavy atom. The number of hydrogen-bond acceptors (Lipinski definition) is 6. The highest BCUT2D eigenvalue weighted by atomic mass is 16.6. The predicted octanol–water partition coefficient (Wildman–Crippen LogP) is 4.38. The molecule has 0 saturated carbocycles. The molecule has 194 valence electrons. The summed E-state index contributed by atoms with van der Waals surface area (Å²) in [7, 11) is 3.94. The van der Waals surface area contributed by atoms with E-state index in [9.17, 15) is 5.21 Å². The van der Waals surface area contributed by atoms with Crippen molar-refractivity contribution in [3.05, 3.63) is 108 Å². The Labute approximate surface area is 220 Å². The number of hydroxylamine groups is 2. The van der Waals surface area contributed by atoms with Crippen molar-refractivity contribution in [2.24, 2.45) is 0 Å². The number of nitrogens with zero attached hydrogens (tertiary/aromatic N) is 2. The molecule has 0 spiro atoms. The van der Waals surface area contributed by atoms with E-state index in [2.05, 4.69) is 11.8 Å². The molecule has 1 saturated heterocycles. The molecule has 1 fully saturated rings. The summed E-state index contributed by atoms with van der Waals surface area (Å²) < 4.78 is 18.9. The second-order valence-electron chi connectivity index (χ2n) is 9.47. The van der Waals surface area contributed by atoms with Crippen LogP contribution in [0.4, 0.5) is 0 Å². The summed E-state index contributed by atoms with van der Waals surface area (Å²) in [6.07, 6.45) is -0.905. The highest BCUT2D eigenvalue weighted by molar-refractivity contribution is 5.20. The van der Waals surface area contributed by atoms with Crippen LogP contribution in [-0.4, -0.2) is 66.7 Å². The van der Waals surface area contributed by atoms with Crippen LogP contribution in [-0.2, 0) is 34.0 Å². The molecule has 0 bridgehead atoms. The Morgan fingerprint density at radius 1 is 0.730 bits per heavy atom. The van der Waals surface area contributed by atoms with E-state index in [1.54, 1.807) is 0 Å². The van der Waals surface area contributed by atoms with Gasteiger partial charge < -0.3 is 19.4 Å². The molecule has 0 radical (unpaired) electrons. The lowest BCUT2D eigenvalue weighted by molar-refractivity contribution is -0.155. The van der Waals surface area contributed by atoms with Crippen LogP contribution in [0.2, 0.25) is 0 Å². The maximum atomic E-state index is 11.3. The lowest BCUT2D eigenvalue weighted by atomic mass is 10.1. The van der Waals surface area contributed by atoms with Gasteiger partial charge in [0.05, 0.1) is 39.0 Å². The largest absolute Gasteiger partial charge is 0.375 e. The second kappa shape index (κ2) is 14.1. The Hall–Kier alpha value is -3.02.